The third-order valence-electron chi connectivity index (χ3n) is 3.71. The van der Waals surface area contributed by atoms with E-state index in [1.807, 2.05) is 43.3 Å². The first-order valence-electron chi connectivity index (χ1n) is 7.92. The highest BCUT2D eigenvalue weighted by atomic mass is 35.5. The summed E-state index contributed by atoms with van der Waals surface area (Å²) in [7, 11) is 0. The minimum absolute atomic E-state index is 0.137. The maximum atomic E-state index is 12.4. The van der Waals surface area contributed by atoms with Crippen LogP contribution in [0.5, 0.6) is 0 Å². The van der Waals surface area contributed by atoms with Crippen molar-refractivity contribution in [3.63, 3.8) is 0 Å². The zero-order chi connectivity index (χ0) is 17.6. The Morgan fingerprint density at radius 1 is 1.04 bits per heavy atom. The van der Waals surface area contributed by atoms with E-state index >= 15 is 0 Å². The molecule has 1 aromatic heterocycles. The topological polar surface area (TPSA) is 54.0 Å². The summed E-state index contributed by atoms with van der Waals surface area (Å²) in [6, 6.07) is 18.8. The van der Waals surface area contributed by atoms with Crippen LogP contribution in [0.2, 0.25) is 5.02 Å². The summed E-state index contributed by atoms with van der Waals surface area (Å²) in [5.41, 5.74) is 3.67. The average Bonchev–Trinajstić information content (AvgIpc) is 2.63. The van der Waals surface area contributed by atoms with Gasteiger partial charge in [-0.15, -0.1) is 0 Å². The maximum absolute atomic E-state index is 12.4. The molecule has 1 amide bonds. The summed E-state index contributed by atoms with van der Waals surface area (Å²) in [6.07, 6.45) is 1.61. The zero-order valence-electron chi connectivity index (χ0n) is 13.8. The Labute approximate surface area is 151 Å². The van der Waals surface area contributed by atoms with E-state index in [-0.39, 0.29) is 5.91 Å². The van der Waals surface area contributed by atoms with Gasteiger partial charge in [0.25, 0.3) is 5.91 Å². The first kappa shape index (κ1) is 17.0. The number of aromatic nitrogens is 1. The Morgan fingerprint density at radius 3 is 2.48 bits per heavy atom. The average molecular weight is 352 g/mol. The van der Waals surface area contributed by atoms with Gasteiger partial charge in [0.05, 0.1) is 0 Å². The minimum atomic E-state index is -0.137. The summed E-state index contributed by atoms with van der Waals surface area (Å²) in [5, 5.41) is 6.75. The van der Waals surface area contributed by atoms with Crippen LogP contribution in [0.15, 0.2) is 66.9 Å². The third-order valence-corrected chi connectivity index (χ3v) is 3.96. The molecule has 0 fully saturated rings. The van der Waals surface area contributed by atoms with Gasteiger partial charge in [0.2, 0.25) is 0 Å². The summed E-state index contributed by atoms with van der Waals surface area (Å²) >= 11 is 5.88. The fraction of sp³-hybridized carbons (Fsp3) is 0.100. The van der Waals surface area contributed by atoms with E-state index in [4.69, 9.17) is 11.6 Å². The summed E-state index contributed by atoms with van der Waals surface area (Å²) in [6.45, 7) is 2.52. The molecule has 3 aromatic rings. The molecule has 4 nitrogen and oxygen atoms in total. The Kier molecular flexibility index (Phi) is 5.31. The first-order chi connectivity index (χ1) is 12.1. The molecular weight excluding hydrogens is 334 g/mol. The van der Waals surface area contributed by atoms with Crippen molar-refractivity contribution in [2.45, 2.75) is 13.5 Å². The van der Waals surface area contributed by atoms with Crippen molar-refractivity contribution in [1.82, 2.24) is 10.3 Å². The van der Waals surface area contributed by atoms with E-state index in [0.717, 1.165) is 11.3 Å². The molecule has 0 aliphatic heterocycles. The van der Waals surface area contributed by atoms with E-state index in [9.17, 15) is 4.79 Å². The number of nitrogens with one attached hydrogen (secondary N) is 2. The van der Waals surface area contributed by atoms with Crippen molar-refractivity contribution in [1.29, 1.82) is 0 Å². The monoisotopic (exact) mass is 351 g/mol. The molecule has 0 atom stereocenters. The highest BCUT2D eigenvalue weighted by molar-refractivity contribution is 6.30. The Morgan fingerprint density at radius 2 is 1.76 bits per heavy atom. The van der Waals surface area contributed by atoms with Gasteiger partial charge in [-0.25, -0.2) is 4.98 Å². The highest BCUT2D eigenvalue weighted by Crippen LogP contribution is 2.18. The van der Waals surface area contributed by atoms with Crippen molar-refractivity contribution in [2.75, 3.05) is 5.32 Å². The van der Waals surface area contributed by atoms with Crippen LogP contribution in [0.1, 0.15) is 21.5 Å². The van der Waals surface area contributed by atoms with Crippen LogP contribution in [-0.4, -0.2) is 10.9 Å². The lowest BCUT2D eigenvalue weighted by molar-refractivity contribution is 0.0951. The third kappa shape index (κ3) is 4.81. The standard InChI is InChI=1S/C20H18ClN3O/c1-14-2-4-15(5-3-14)13-23-20(25)16-10-11-22-19(12-16)24-18-8-6-17(21)7-9-18/h2-12H,13H2,1H3,(H,22,24)(H,23,25). The van der Waals surface area contributed by atoms with Crippen molar-refractivity contribution in [3.8, 4) is 0 Å². The van der Waals surface area contributed by atoms with E-state index in [1.165, 1.54) is 5.56 Å². The number of halogens is 1. The molecule has 0 aliphatic carbocycles. The minimum Gasteiger partial charge on any atom is -0.348 e. The van der Waals surface area contributed by atoms with Gasteiger partial charge in [0.15, 0.2) is 0 Å². The second-order valence-electron chi connectivity index (χ2n) is 5.73. The van der Waals surface area contributed by atoms with Gasteiger partial charge in [0, 0.05) is 29.0 Å². The second-order valence-corrected chi connectivity index (χ2v) is 6.17. The van der Waals surface area contributed by atoms with Crippen molar-refractivity contribution in [3.05, 3.63) is 88.6 Å². The normalized spacial score (nSPS) is 10.3. The van der Waals surface area contributed by atoms with Crippen molar-refractivity contribution < 1.29 is 4.79 Å². The van der Waals surface area contributed by atoms with Crippen molar-refractivity contribution >= 4 is 29.0 Å². The quantitative estimate of drug-likeness (QED) is 0.699. The number of pyridine rings is 1. The fourth-order valence-electron chi connectivity index (χ4n) is 2.31. The molecule has 0 radical (unpaired) electrons. The molecule has 0 saturated carbocycles. The fourth-order valence-corrected chi connectivity index (χ4v) is 2.44. The van der Waals surface area contributed by atoms with Gasteiger partial charge in [-0.1, -0.05) is 41.4 Å². The Balaban J connectivity index is 1.64. The van der Waals surface area contributed by atoms with Gasteiger partial charge >= 0.3 is 0 Å². The second kappa shape index (κ2) is 7.81. The lowest BCUT2D eigenvalue weighted by atomic mass is 10.1. The summed E-state index contributed by atoms with van der Waals surface area (Å²) in [4.78, 5) is 16.6. The highest BCUT2D eigenvalue weighted by Gasteiger charge is 2.07. The molecule has 0 saturated heterocycles. The van der Waals surface area contributed by atoms with Gasteiger partial charge in [-0.2, -0.15) is 0 Å². The predicted molar refractivity (Wildman–Crippen MR) is 101 cm³/mol. The number of benzene rings is 2. The maximum Gasteiger partial charge on any atom is 0.251 e. The molecule has 25 heavy (non-hydrogen) atoms. The number of rotatable bonds is 5. The van der Waals surface area contributed by atoms with Gasteiger partial charge in [-0.05, 0) is 48.9 Å². The number of hydrogen-bond donors (Lipinski definition) is 2. The van der Waals surface area contributed by atoms with E-state index in [0.29, 0.717) is 22.9 Å². The van der Waals surface area contributed by atoms with Crippen LogP contribution < -0.4 is 10.6 Å². The first-order valence-corrected chi connectivity index (χ1v) is 8.30. The molecule has 0 bridgehead atoms. The smallest absolute Gasteiger partial charge is 0.251 e. The predicted octanol–water partition coefficient (Wildman–Crippen LogP) is 4.72. The number of hydrogen-bond acceptors (Lipinski definition) is 3. The molecular formula is C20H18ClN3O. The van der Waals surface area contributed by atoms with Gasteiger partial charge in [0.1, 0.15) is 5.82 Å². The molecule has 5 heteroatoms. The van der Waals surface area contributed by atoms with Crippen LogP contribution in [0.25, 0.3) is 0 Å². The Bertz CT molecular complexity index is 861. The largest absolute Gasteiger partial charge is 0.348 e. The number of carbonyl (C=O) groups is 1. The van der Waals surface area contributed by atoms with Gasteiger partial charge in [-0.3, -0.25) is 4.79 Å². The number of carbonyl (C=O) groups excluding carboxylic acids is 1. The molecule has 0 aliphatic rings. The molecule has 0 unspecified atom stereocenters. The van der Waals surface area contributed by atoms with E-state index in [1.54, 1.807) is 30.5 Å². The number of anilines is 2. The van der Waals surface area contributed by atoms with Crippen LogP contribution >= 0.6 is 11.6 Å². The van der Waals surface area contributed by atoms with Crippen LogP contribution in [-0.2, 0) is 6.54 Å². The molecule has 1 heterocycles. The molecule has 3 rings (SSSR count). The Hall–Kier alpha value is -2.85. The number of nitrogens with zero attached hydrogens (tertiary/aromatic N) is 1. The van der Waals surface area contributed by atoms with E-state index < -0.39 is 0 Å². The number of aryl methyl sites for hydroxylation is 1. The zero-order valence-corrected chi connectivity index (χ0v) is 14.5. The lowest BCUT2D eigenvalue weighted by Gasteiger charge is -2.09. The van der Waals surface area contributed by atoms with Crippen molar-refractivity contribution in [2.24, 2.45) is 0 Å². The molecule has 2 N–H and O–H groups in total. The molecule has 126 valence electrons. The van der Waals surface area contributed by atoms with Gasteiger partial charge < -0.3 is 10.6 Å². The summed E-state index contributed by atoms with van der Waals surface area (Å²) in [5.74, 6) is 0.465. The number of amides is 1. The van der Waals surface area contributed by atoms with E-state index in [2.05, 4.69) is 15.6 Å². The summed E-state index contributed by atoms with van der Waals surface area (Å²) < 4.78 is 0. The molecule has 2 aromatic carbocycles. The lowest BCUT2D eigenvalue weighted by Crippen LogP contribution is -2.22. The molecule has 0 spiro atoms. The SMILES string of the molecule is Cc1ccc(CNC(=O)c2ccnc(Nc3ccc(Cl)cc3)c2)cc1. The van der Waals surface area contributed by atoms with Crippen LogP contribution in [0.3, 0.4) is 0 Å². The van der Waals surface area contributed by atoms with Crippen LogP contribution in [0.4, 0.5) is 11.5 Å². The van der Waals surface area contributed by atoms with Crippen LogP contribution in [0, 0.1) is 6.92 Å².